The summed E-state index contributed by atoms with van der Waals surface area (Å²) >= 11 is 0. The third-order valence-electron chi connectivity index (χ3n) is 16.5. The van der Waals surface area contributed by atoms with Gasteiger partial charge in [0, 0.05) is 67.0 Å². The fourth-order valence-electron chi connectivity index (χ4n) is 12.1. The average molecular weight is 1080 g/mol. The predicted molar refractivity (Wildman–Crippen MR) is 350 cm³/mol. The summed E-state index contributed by atoms with van der Waals surface area (Å²) < 4.78 is 4.68. The van der Waals surface area contributed by atoms with Gasteiger partial charge in [0.2, 0.25) is 0 Å². The van der Waals surface area contributed by atoms with Gasteiger partial charge in [-0.25, -0.2) is 4.85 Å². The van der Waals surface area contributed by atoms with Gasteiger partial charge in [0.1, 0.15) is 8.07 Å². The number of anilines is 6. The first-order valence-corrected chi connectivity index (χ1v) is 31.0. The molecule has 0 N–H and O–H groups in total. The summed E-state index contributed by atoms with van der Waals surface area (Å²) in [5.41, 5.74) is 18.8. The first-order valence-electron chi connectivity index (χ1n) is 28.0. The lowest BCUT2D eigenvalue weighted by atomic mass is 10.0. The van der Waals surface area contributed by atoms with Gasteiger partial charge >= 0.3 is 0 Å². The quantitative estimate of drug-likeness (QED) is 0.0905. The van der Waals surface area contributed by atoms with Crippen LogP contribution in [-0.4, -0.2) is 17.2 Å². The van der Waals surface area contributed by atoms with Crippen LogP contribution < -0.4 is 20.2 Å². The number of aromatic nitrogens is 2. The second kappa shape index (κ2) is 20.9. The summed E-state index contributed by atoms with van der Waals surface area (Å²) in [6, 6.07) is 106. The lowest BCUT2D eigenvalue weighted by Crippen LogP contribution is -2.52. The van der Waals surface area contributed by atoms with Crippen LogP contribution in [0.2, 0.25) is 13.1 Å². The Kier molecular flexibility index (Phi) is 12.7. The molecule has 0 unspecified atom stereocenters. The van der Waals surface area contributed by atoms with E-state index in [9.17, 15) is 5.26 Å². The van der Waals surface area contributed by atoms with Gasteiger partial charge in [0.15, 0.2) is 5.69 Å². The monoisotopic (exact) mass is 1080 g/mol. The molecule has 0 saturated carbocycles. The summed E-state index contributed by atoms with van der Waals surface area (Å²) in [6.45, 7) is 12.5. The highest BCUT2D eigenvalue weighted by atomic mass is 28.3. The maximum Gasteiger partial charge on any atom is 0.187 e. The van der Waals surface area contributed by atoms with Crippen LogP contribution in [0.1, 0.15) is 5.56 Å². The Labute approximate surface area is 484 Å². The van der Waals surface area contributed by atoms with Crippen molar-refractivity contribution in [2.45, 2.75) is 13.1 Å². The van der Waals surface area contributed by atoms with Gasteiger partial charge in [-0.05, 0) is 156 Å². The van der Waals surface area contributed by atoms with E-state index in [-0.39, 0.29) is 0 Å². The van der Waals surface area contributed by atoms with Crippen molar-refractivity contribution >= 4 is 102 Å². The van der Waals surface area contributed by atoms with E-state index in [4.69, 9.17) is 6.57 Å². The molecule has 14 rings (SSSR count). The van der Waals surface area contributed by atoms with Crippen LogP contribution in [-0.2, 0) is 0 Å². The maximum absolute atomic E-state index is 9.69. The molecule has 0 aliphatic carbocycles. The molecule has 7 heteroatoms. The summed E-state index contributed by atoms with van der Waals surface area (Å²) in [5.74, 6) is 0. The fourth-order valence-corrected chi connectivity index (χ4v) is 14.4. The van der Waals surface area contributed by atoms with Crippen LogP contribution in [0, 0.1) is 17.9 Å². The molecule has 2 aromatic heterocycles. The molecule has 0 saturated heterocycles. The van der Waals surface area contributed by atoms with Crippen LogP contribution in [0.15, 0.2) is 291 Å². The first kappa shape index (κ1) is 50.3. The zero-order valence-electron chi connectivity index (χ0n) is 45.9. The number of nitriles is 1. The summed E-state index contributed by atoms with van der Waals surface area (Å²) in [6.07, 6.45) is 0. The van der Waals surface area contributed by atoms with Crippen LogP contribution in [0.3, 0.4) is 0 Å². The van der Waals surface area contributed by atoms with Crippen molar-refractivity contribution in [3.63, 3.8) is 0 Å². The van der Waals surface area contributed by atoms with Crippen LogP contribution in [0.5, 0.6) is 0 Å². The van der Waals surface area contributed by atoms with Crippen LogP contribution in [0.4, 0.5) is 39.8 Å². The van der Waals surface area contributed by atoms with Crippen LogP contribution >= 0.6 is 0 Å². The van der Waals surface area contributed by atoms with Crippen molar-refractivity contribution in [1.82, 2.24) is 9.13 Å². The summed E-state index contributed by atoms with van der Waals surface area (Å²) in [5, 5.41) is 17.2. The minimum Gasteiger partial charge on any atom is -0.311 e. The molecule has 12 aromatic carbocycles. The van der Waals surface area contributed by atoms with Gasteiger partial charge in [-0.15, -0.1) is 0 Å². The normalized spacial score (nSPS) is 11.5. The minimum absolute atomic E-state index is 0.611. The molecular formula is C76H54N6Si. The van der Waals surface area contributed by atoms with Crippen molar-refractivity contribution < 1.29 is 0 Å². The Hall–Kier alpha value is -11.0. The number of benzene rings is 12. The molecule has 0 spiro atoms. The van der Waals surface area contributed by atoms with E-state index in [1.54, 1.807) is 0 Å². The molecule has 14 aromatic rings. The Bertz CT molecular complexity index is 4480. The summed E-state index contributed by atoms with van der Waals surface area (Å²) in [7, 11) is -2.08. The van der Waals surface area contributed by atoms with E-state index >= 15 is 0 Å². The van der Waals surface area contributed by atoms with Crippen molar-refractivity contribution in [3.05, 3.63) is 308 Å². The molecule has 0 aliphatic rings. The minimum atomic E-state index is -2.08. The van der Waals surface area contributed by atoms with Gasteiger partial charge in [0.05, 0.1) is 40.3 Å². The van der Waals surface area contributed by atoms with Gasteiger partial charge < -0.3 is 18.9 Å². The average Bonchev–Trinajstić information content (AvgIpc) is 4.29. The highest BCUT2D eigenvalue weighted by Gasteiger charge is 2.27. The van der Waals surface area contributed by atoms with E-state index < -0.39 is 8.07 Å². The topological polar surface area (TPSA) is 44.5 Å². The predicted octanol–water partition coefficient (Wildman–Crippen LogP) is 19.4. The zero-order valence-corrected chi connectivity index (χ0v) is 46.9. The Morgan fingerprint density at radius 2 is 0.675 bits per heavy atom. The first-order chi connectivity index (χ1) is 40.8. The second-order valence-electron chi connectivity index (χ2n) is 21.6. The van der Waals surface area contributed by atoms with Gasteiger partial charge in [-0.2, -0.15) is 5.26 Å². The van der Waals surface area contributed by atoms with Gasteiger partial charge in [0.25, 0.3) is 0 Å². The van der Waals surface area contributed by atoms with Crippen molar-refractivity contribution in [2.75, 3.05) is 9.80 Å². The lowest BCUT2D eigenvalue weighted by Gasteiger charge is -2.26. The molecule has 6 nitrogen and oxygen atoms in total. The van der Waals surface area contributed by atoms with Crippen molar-refractivity contribution in [2.24, 2.45) is 0 Å². The Balaban J connectivity index is 0.722. The number of fused-ring (bicyclic) bond motifs is 6. The molecule has 392 valence electrons. The molecule has 0 amide bonds. The SMILES string of the molecule is [C-]#[N+]c1ccc(N(c2ccc(-c3ccc([Si](C)(C)c4ccc(-c5ccc(N(c6ccc(C#N)cc6)c6ccc7c(c6)c6ccccc6n7-c6ccccc6)cc5)cc4)cc3)cc2)c2ccc3c(c2)c2ccccc2n3-c2ccccc2)cc1. The number of rotatable bonds is 12. The molecule has 0 aliphatic heterocycles. The molecule has 83 heavy (non-hydrogen) atoms. The third kappa shape index (κ3) is 9.09. The number of hydrogen-bond acceptors (Lipinski definition) is 3. The fraction of sp³-hybridized carbons (Fsp3) is 0.0263. The van der Waals surface area contributed by atoms with Gasteiger partial charge in [-0.1, -0.05) is 181 Å². The lowest BCUT2D eigenvalue weighted by molar-refractivity contribution is 1.18. The van der Waals surface area contributed by atoms with E-state index in [1.165, 1.54) is 43.0 Å². The maximum atomic E-state index is 9.69. The molecule has 0 radical (unpaired) electrons. The van der Waals surface area contributed by atoms with Crippen molar-refractivity contribution in [1.29, 1.82) is 5.26 Å². The Morgan fingerprint density at radius 3 is 1.06 bits per heavy atom. The Morgan fingerprint density at radius 1 is 0.349 bits per heavy atom. The standard InChI is InChI=1S/C76H54N6Si/c1-78-58-32-40-64(41-33-58)80(66-43-49-76-72(51-66)70-19-11-13-21-74(70)82(76)60-16-8-5-9-17-60)63-38-26-55(27-39-63)57-30-46-68(47-31-57)83(2,3)67-44-28-56(29-45-67)54-24-36-62(37-25-54)79(61-34-22-53(52-77)23-35-61)65-42-48-75-71(50-65)69-18-10-12-20-73(69)81(75)59-14-6-4-7-15-59/h4-51H,2-3H3. The van der Waals surface area contributed by atoms with Crippen molar-refractivity contribution in [3.8, 4) is 39.7 Å². The smallest absolute Gasteiger partial charge is 0.187 e. The largest absolute Gasteiger partial charge is 0.311 e. The number of nitrogens with zero attached hydrogens (tertiary/aromatic N) is 6. The van der Waals surface area contributed by atoms with E-state index in [1.807, 2.05) is 48.5 Å². The molecule has 2 heterocycles. The van der Waals surface area contributed by atoms with Crippen LogP contribution in [0.25, 0.3) is 82.1 Å². The molecule has 0 atom stereocenters. The highest BCUT2D eigenvalue weighted by molar-refractivity contribution is 7.00. The third-order valence-corrected chi connectivity index (χ3v) is 20.0. The number of hydrogen-bond donors (Lipinski definition) is 0. The van der Waals surface area contributed by atoms with E-state index in [2.05, 4.69) is 286 Å². The van der Waals surface area contributed by atoms with E-state index in [0.717, 1.165) is 78.7 Å². The molecule has 0 bridgehead atoms. The zero-order chi connectivity index (χ0) is 56.0. The summed E-state index contributed by atoms with van der Waals surface area (Å²) in [4.78, 5) is 8.25. The second-order valence-corrected chi connectivity index (χ2v) is 26.0. The van der Waals surface area contributed by atoms with Gasteiger partial charge in [-0.3, -0.25) is 0 Å². The molecular weight excluding hydrogens is 1020 g/mol. The highest BCUT2D eigenvalue weighted by Crippen LogP contribution is 2.43. The van der Waals surface area contributed by atoms with E-state index in [0.29, 0.717) is 11.3 Å². The molecule has 0 fully saturated rings. The number of para-hydroxylation sites is 4.